The van der Waals surface area contributed by atoms with Gasteiger partial charge in [0, 0.05) is 5.39 Å². The molecule has 1 heterocycles. The number of aryl methyl sites for hydroxylation is 1. The molecule has 0 amide bonds. The molecular weight excluding hydrogens is 269 g/mol. The van der Waals surface area contributed by atoms with Gasteiger partial charge >= 0.3 is 0 Å². The molecule has 0 saturated carbocycles. The highest BCUT2D eigenvalue weighted by atomic mass is 15.1. The van der Waals surface area contributed by atoms with Crippen LogP contribution in [-0.2, 0) is 6.42 Å². The zero-order valence-corrected chi connectivity index (χ0v) is 12.2. The summed E-state index contributed by atoms with van der Waals surface area (Å²) in [7, 11) is 2.34. The lowest BCUT2D eigenvalue weighted by Gasteiger charge is -2.25. The van der Waals surface area contributed by atoms with Crippen LogP contribution in [0.15, 0.2) is 42.6 Å². The van der Waals surface area contributed by atoms with Gasteiger partial charge < -0.3 is 0 Å². The van der Waals surface area contributed by atoms with Gasteiger partial charge in [-0.3, -0.25) is 5.10 Å². The van der Waals surface area contributed by atoms with Crippen molar-refractivity contribution in [3.05, 3.63) is 59.3 Å². The second kappa shape index (κ2) is 5.34. The Hall–Kier alpha value is -2.54. The van der Waals surface area contributed by atoms with E-state index in [4.69, 9.17) is 5.26 Å². The number of rotatable bonds is 2. The highest BCUT2D eigenvalue weighted by Crippen LogP contribution is 2.31. The summed E-state index contributed by atoms with van der Waals surface area (Å²) in [6, 6.07) is 14.7. The van der Waals surface area contributed by atoms with Gasteiger partial charge in [-0.05, 0) is 48.0 Å². The third-order valence-electron chi connectivity index (χ3n) is 4.49. The Morgan fingerprint density at radius 2 is 2.18 bits per heavy atom. The van der Waals surface area contributed by atoms with Crippen LogP contribution in [0.4, 0.5) is 0 Å². The molecule has 1 atom stereocenters. The number of nitrogens with one attached hydrogen (secondary N) is 1. The zero-order valence-electron chi connectivity index (χ0n) is 12.2. The summed E-state index contributed by atoms with van der Waals surface area (Å²) in [5, 5.41) is 17.3. The minimum absolute atomic E-state index is 0.431. The fourth-order valence-corrected chi connectivity index (χ4v) is 3.39. The largest absolute Gasteiger partial charge is 0.278 e. The van der Waals surface area contributed by atoms with E-state index < -0.39 is 0 Å². The molecule has 0 bridgehead atoms. The van der Waals surface area contributed by atoms with Crippen molar-refractivity contribution in [2.24, 2.45) is 0 Å². The molecule has 0 fully saturated rings. The average molecular weight is 284 g/mol. The normalized spacial score (nSPS) is 17.0. The van der Waals surface area contributed by atoms with Crippen molar-refractivity contribution in [2.45, 2.75) is 25.1 Å². The molecule has 1 aromatic heterocycles. The highest BCUT2D eigenvalue weighted by Gasteiger charge is 2.21. The van der Waals surface area contributed by atoms with Crippen molar-refractivity contribution in [3.63, 3.8) is 0 Å². The van der Waals surface area contributed by atoms with Gasteiger partial charge in [-0.25, -0.2) is 0 Å². The SMILES string of the molecule is N#Cc1ccc2c(c1)CCCC2[B]c1ccc2[nH]ncc2c1. The number of aromatic nitrogens is 2. The first kappa shape index (κ1) is 13.2. The summed E-state index contributed by atoms with van der Waals surface area (Å²) in [4.78, 5) is 0. The van der Waals surface area contributed by atoms with Crippen LogP contribution in [0.5, 0.6) is 0 Å². The molecule has 1 aliphatic carbocycles. The molecule has 0 spiro atoms. The second-order valence-corrected chi connectivity index (χ2v) is 5.91. The van der Waals surface area contributed by atoms with Gasteiger partial charge in [0.25, 0.3) is 0 Å². The molecule has 22 heavy (non-hydrogen) atoms. The number of hydrogen-bond acceptors (Lipinski definition) is 2. The van der Waals surface area contributed by atoms with Gasteiger partial charge in [-0.1, -0.05) is 30.1 Å². The number of nitriles is 1. The third-order valence-corrected chi connectivity index (χ3v) is 4.49. The summed E-state index contributed by atoms with van der Waals surface area (Å²) < 4.78 is 0. The second-order valence-electron chi connectivity index (χ2n) is 5.91. The van der Waals surface area contributed by atoms with Gasteiger partial charge in [-0.15, -0.1) is 0 Å². The van der Waals surface area contributed by atoms with E-state index in [1.807, 2.05) is 12.3 Å². The van der Waals surface area contributed by atoms with Crippen LogP contribution in [-0.4, -0.2) is 17.5 Å². The fourth-order valence-electron chi connectivity index (χ4n) is 3.39. The van der Waals surface area contributed by atoms with E-state index in [1.54, 1.807) is 0 Å². The van der Waals surface area contributed by atoms with Crippen molar-refractivity contribution in [2.75, 3.05) is 0 Å². The Morgan fingerprint density at radius 1 is 1.23 bits per heavy atom. The van der Waals surface area contributed by atoms with E-state index >= 15 is 0 Å². The molecule has 0 saturated heterocycles. The summed E-state index contributed by atoms with van der Waals surface area (Å²) in [5.74, 6) is 0.431. The molecule has 1 radical (unpaired) electrons. The standard InChI is InChI=1S/C18H15BN3/c20-10-12-4-6-16-13(8-12)2-1-3-17(16)19-15-5-7-18-14(9-15)11-21-22-18/h4-9,11,17H,1-3H2,(H,21,22). The van der Waals surface area contributed by atoms with Crippen LogP contribution >= 0.6 is 0 Å². The zero-order chi connectivity index (χ0) is 14.9. The minimum atomic E-state index is 0.431. The van der Waals surface area contributed by atoms with Crippen molar-refractivity contribution in [1.29, 1.82) is 5.26 Å². The molecule has 1 unspecified atom stereocenters. The lowest BCUT2D eigenvalue weighted by Crippen LogP contribution is -2.25. The van der Waals surface area contributed by atoms with Crippen LogP contribution in [0.25, 0.3) is 10.9 Å². The molecule has 1 N–H and O–H groups in total. The molecule has 3 nitrogen and oxygen atoms in total. The number of hydrogen-bond donors (Lipinski definition) is 1. The van der Waals surface area contributed by atoms with E-state index in [0.717, 1.165) is 22.9 Å². The maximum absolute atomic E-state index is 9.05. The predicted octanol–water partition coefficient (Wildman–Crippen LogP) is 2.84. The molecule has 105 valence electrons. The lowest BCUT2D eigenvalue weighted by molar-refractivity contribution is 0.664. The van der Waals surface area contributed by atoms with Gasteiger partial charge in [0.2, 0.25) is 0 Å². The Morgan fingerprint density at radius 3 is 3.09 bits per heavy atom. The lowest BCUT2D eigenvalue weighted by atomic mass is 9.53. The van der Waals surface area contributed by atoms with Crippen molar-refractivity contribution < 1.29 is 0 Å². The topological polar surface area (TPSA) is 52.5 Å². The van der Waals surface area contributed by atoms with E-state index in [0.29, 0.717) is 5.82 Å². The summed E-state index contributed by atoms with van der Waals surface area (Å²) in [6.45, 7) is 0. The average Bonchev–Trinajstić information content (AvgIpc) is 3.02. The van der Waals surface area contributed by atoms with Crippen LogP contribution in [0, 0.1) is 11.3 Å². The van der Waals surface area contributed by atoms with Gasteiger partial charge in [0.1, 0.15) is 0 Å². The van der Waals surface area contributed by atoms with Gasteiger partial charge in [0.05, 0.1) is 23.3 Å². The van der Waals surface area contributed by atoms with Gasteiger partial charge in [0.15, 0.2) is 7.28 Å². The van der Waals surface area contributed by atoms with E-state index in [9.17, 15) is 0 Å². The first-order valence-corrected chi connectivity index (χ1v) is 7.64. The monoisotopic (exact) mass is 284 g/mol. The van der Waals surface area contributed by atoms with Crippen molar-refractivity contribution in [3.8, 4) is 6.07 Å². The number of aromatic amines is 1. The maximum Gasteiger partial charge on any atom is 0.160 e. The first-order chi connectivity index (χ1) is 10.8. The Labute approximate surface area is 130 Å². The Kier molecular flexibility index (Phi) is 3.19. The minimum Gasteiger partial charge on any atom is -0.278 e. The number of fused-ring (bicyclic) bond motifs is 2. The first-order valence-electron chi connectivity index (χ1n) is 7.64. The maximum atomic E-state index is 9.05. The molecule has 0 aliphatic heterocycles. The smallest absolute Gasteiger partial charge is 0.160 e. The summed E-state index contributed by atoms with van der Waals surface area (Å²) in [6.07, 6.45) is 5.29. The molecule has 4 rings (SSSR count). The fraction of sp³-hybridized carbons (Fsp3) is 0.222. The molecular formula is C18H15BN3. The highest BCUT2D eigenvalue weighted by molar-refractivity contribution is 6.55. The Bertz CT molecular complexity index is 875. The van der Waals surface area contributed by atoms with Crippen LogP contribution < -0.4 is 5.46 Å². The molecule has 2 aromatic carbocycles. The van der Waals surface area contributed by atoms with Crippen LogP contribution in [0.2, 0.25) is 0 Å². The Balaban J connectivity index is 1.65. The van der Waals surface area contributed by atoms with Gasteiger partial charge in [-0.2, -0.15) is 10.4 Å². The van der Waals surface area contributed by atoms with E-state index in [-0.39, 0.29) is 0 Å². The van der Waals surface area contributed by atoms with Crippen LogP contribution in [0.3, 0.4) is 0 Å². The number of nitrogens with zero attached hydrogens (tertiary/aromatic N) is 2. The molecule has 3 aromatic rings. The quantitative estimate of drug-likeness (QED) is 0.736. The van der Waals surface area contributed by atoms with E-state index in [1.165, 1.54) is 29.4 Å². The van der Waals surface area contributed by atoms with E-state index in [2.05, 4.69) is 53.9 Å². The molecule has 1 aliphatic rings. The van der Waals surface area contributed by atoms with Crippen molar-refractivity contribution >= 4 is 23.6 Å². The number of H-pyrrole nitrogens is 1. The third kappa shape index (κ3) is 2.29. The van der Waals surface area contributed by atoms with Crippen LogP contribution in [0.1, 0.15) is 35.3 Å². The molecule has 4 heteroatoms. The van der Waals surface area contributed by atoms with Crippen molar-refractivity contribution in [1.82, 2.24) is 10.2 Å². The predicted molar refractivity (Wildman–Crippen MR) is 88.3 cm³/mol. The summed E-state index contributed by atoms with van der Waals surface area (Å²) in [5.41, 5.74) is 5.77. The summed E-state index contributed by atoms with van der Waals surface area (Å²) >= 11 is 0. The number of benzene rings is 2.